The van der Waals surface area contributed by atoms with Crippen LogP contribution in [-0.2, 0) is 4.79 Å². The lowest BCUT2D eigenvalue weighted by Crippen LogP contribution is -2.55. The SMILES string of the molecule is Cc1cc(C2CN(C(=O)C3COc4ccccc4O3)C2)no1. The molecule has 1 unspecified atom stereocenters. The van der Waals surface area contributed by atoms with Gasteiger partial charge in [-0.05, 0) is 19.1 Å². The molecular formula is C16H16N2O4. The quantitative estimate of drug-likeness (QED) is 0.845. The average Bonchev–Trinajstić information content (AvgIpc) is 2.91. The van der Waals surface area contributed by atoms with Crippen LogP contribution in [0.15, 0.2) is 34.9 Å². The summed E-state index contributed by atoms with van der Waals surface area (Å²) < 4.78 is 16.4. The molecule has 4 rings (SSSR count). The minimum atomic E-state index is -0.574. The Hall–Kier alpha value is -2.50. The molecule has 6 heteroatoms. The first kappa shape index (κ1) is 13.2. The van der Waals surface area contributed by atoms with Crippen molar-refractivity contribution in [2.75, 3.05) is 19.7 Å². The third kappa shape index (κ3) is 2.20. The smallest absolute Gasteiger partial charge is 0.267 e. The summed E-state index contributed by atoms with van der Waals surface area (Å²) in [5.41, 5.74) is 0.910. The molecule has 1 fully saturated rings. The molecule has 0 bridgehead atoms. The topological polar surface area (TPSA) is 64.8 Å². The average molecular weight is 300 g/mol. The predicted molar refractivity (Wildman–Crippen MR) is 76.9 cm³/mol. The predicted octanol–water partition coefficient (Wildman–Crippen LogP) is 1.75. The van der Waals surface area contributed by atoms with Gasteiger partial charge in [-0.15, -0.1) is 0 Å². The van der Waals surface area contributed by atoms with Crippen molar-refractivity contribution in [3.05, 3.63) is 41.8 Å². The number of fused-ring (bicyclic) bond motifs is 1. The van der Waals surface area contributed by atoms with Gasteiger partial charge in [-0.25, -0.2) is 0 Å². The number of nitrogens with zero attached hydrogens (tertiary/aromatic N) is 2. The Kier molecular flexibility index (Phi) is 3.03. The van der Waals surface area contributed by atoms with Gasteiger partial charge in [0.2, 0.25) is 6.10 Å². The highest BCUT2D eigenvalue weighted by atomic mass is 16.6. The van der Waals surface area contributed by atoms with Crippen LogP contribution in [0.25, 0.3) is 0 Å². The van der Waals surface area contributed by atoms with Crippen LogP contribution >= 0.6 is 0 Å². The summed E-state index contributed by atoms with van der Waals surface area (Å²) in [6.45, 7) is 3.40. The van der Waals surface area contributed by atoms with E-state index >= 15 is 0 Å². The van der Waals surface area contributed by atoms with E-state index in [1.165, 1.54) is 0 Å². The Labute approximate surface area is 127 Å². The fourth-order valence-electron chi connectivity index (χ4n) is 2.77. The summed E-state index contributed by atoms with van der Waals surface area (Å²) in [5, 5.41) is 4.00. The van der Waals surface area contributed by atoms with E-state index in [0.29, 0.717) is 24.6 Å². The molecule has 1 aromatic heterocycles. The Bertz CT molecular complexity index is 706. The molecule has 0 N–H and O–H groups in total. The molecule has 0 saturated carbocycles. The Morgan fingerprint density at radius 2 is 2.05 bits per heavy atom. The van der Waals surface area contributed by atoms with Crippen molar-refractivity contribution >= 4 is 5.91 Å². The number of aromatic nitrogens is 1. The number of aryl methyl sites for hydroxylation is 1. The molecule has 0 aliphatic carbocycles. The summed E-state index contributed by atoms with van der Waals surface area (Å²) >= 11 is 0. The van der Waals surface area contributed by atoms with Crippen LogP contribution in [0.2, 0.25) is 0 Å². The zero-order chi connectivity index (χ0) is 15.1. The van der Waals surface area contributed by atoms with Crippen LogP contribution in [0.5, 0.6) is 11.5 Å². The molecule has 22 heavy (non-hydrogen) atoms. The van der Waals surface area contributed by atoms with Crippen LogP contribution in [0.4, 0.5) is 0 Å². The maximum Gasteiger partial charge on any atom is 0.267 e. The van der Waals surface area contributed by atoms with Gasteiger partial charge in [0.15, 0.2) is 11.5 Å². The molecule has 2 aromatic rings. The van der Waals surface area contributed by atoms with E-state index in [4.69, 9.17) is 14.0 Å². The fraction of sp³-hybridized carbons (Fsp3) is 0.375. The van der Waals surface area contributed by atoms with E-state index < -0.39 is 6.10 Å². The Morgan fingerprint density at radius 1 is 1.27 bits per heavy atom. The van der Waals surface area contributed by atoms with Crippen molar-refractivity contribution in [3.63, 3.8) is 0 Å². The van der Waals surface area contributed by atoms with Gasteiger partial charge in [0.05, 0.1) is 5.69 Å². The van der Waals surface area contributed by atoms with Gasteiger partial charge in [0, 0.05) is 25.1 Å². The van der Waals surface area contributed by atoms with Crippen LogP contribution in [-0.4, -0.2) is 41.8 Å². The molecule has 1 amide bonds. The monoisotopic (exact) mass is 300 g/mol. The van der Waals surface area contributed by atoms with E-state index in [-0.39, 0.29) is 18.4 Å². The minimum Gasteiger partial charge on any atom is -0.485 e. The molecule has 0 spiro atoms. The van der Waals surface area contributed by atoms with Crippen molar-refractivity contribution in [2.45, 2.75) is 18.9 Å². The summed E-state index contributed by atoms with van der Waals surface area (Å²) in [6.07, 6.45) is -0.574. The number of carbonyl (C=O) groups excluding carboxylic acids is 1. The van der Waals surface area contributed by atoms with Gasteiger partial charge in [0.1, 0.15) is 12.4 Å². The molecule has 2 aliphatic rings. The third-order valence-electron chi connectivity index (χ3n) is 4.04. The Morgan fingerprint density at radius 3 is 2.77 bits per heavy atom. The van der Waals surface area contributed by atoms with Crippen molar-refractivity contribution in [3.8, 4) is 11.5 Å². The molecule has 114 valence electrons. The number of amides is 1. The first-order valence-corrected chi connectivity index (χ1v) is 7.31. The van der Waals surface area contributed by atoms with E-state index in [1.54, 1.807) is 4.90 Å². The lowest BCUT2D eigenvalue weighted by atomic mass is 9.95. The number of rotatable bonds is 2. The summed E-state index contributed by atoms with van der Waals surface area (Å²) in [7, 11) is 0. The largest absolute Gasteiger partial charge is 0.485 e. The second-order valence-electron chi connectivity index (χ2n) is 5.67. The van der Waals surface area contributed by atoms with Crippen LogP contribution < -0.4 is 9.47 Å². The van der Waals surface area contributed by atoms with Gasteiger partial charge in [0.25, 0.3) is 5.91 Å². The molecule has 3 heterocycles. The highest BCUT2D eigenvalue weighted by Crippen LogP contribution is 2.33. The van der Waals surface area contributed by atoms with Crippen molar-refractivity contribution < 1.29 is 18.8 Å². The molecule has 2 aliphatic heterocycles. The first-order chi connectivity index (χ1) is 10.7. The summed E-state index contributed by atoms with van der Waals surface area (Å²) in [4.78, 5) is 14.2. The standard InChI is InChI=1S/C16H16N2O4/c1-10-6-12(17-22-10)11-7-18(8-11)16(19)15-9-20-13-4-2-3-5-14(13)21-15/h2-6,11,15H,7-9H2,1H3. The zero-order valence-electron chi connectivity index (χ0n) is 12.2. The van der Waals surface area contributed by atoms with Gasteiger partial charge < -0.3 is 18.9 Å². The zero-order valence-corrected chi connectivity index (χ0v) is 12.2. The minimum absolute atomic E-state index is 0.0361. The maximum absolute atomic E-state index is 12.4. The third-order valence-corrected chi connectivity index (χ3v) is 4.04. The lowest BCUT2D eigenvalue weighted by Gasteiger charge is -2.40. The number of ether oxygens (including phenoxy) is 2. The normalized spacial score (nSPS) is 20.6. The van der Waals surface area contributed by atoms with Gasteiger partial charge in [-0.2, -0.15) is 0 Å². The van der Waals surface area contributed by atoms with E-state index in [0.717, 1.165) is 11.5 Å². The van der Waals surface area contributed by atoms with E-state index in [1.807, 2.05) is 37.3 Å². The number of para-hydroxylation sites is 2. The molecule has 1 saturated heterocycles. The second kappa shape index (κ2) is 5.05. The van der Waals surface area contributed by atoms with Gasteiger partial charge >= 0.3 is 0 Å². The van der Waals surface area contributed by atoms with Crippen LogP contribution in [0.1, 0.15) is 17.4 Å². The first-order valence-electron chi connectivity index (χ1n) is 7.31. The number of carbonyl (C=O) groups is 1. The molecule has 1 atom stereocenters. The molecule has 1 aromatic carbocycles. The van der Waals surface area contributed by atoms with Crippen molar-refractivity contribution in [2.24, 2.45) is 0 Å². The highest BCUT2D eigenvalue weighted by molar-refractivity contribution is 5.83. The molecule has 0 radical (unpaired) electrons. The highest BCUT2D eigenvalue weighted by Gasteiger charge is 2.39. The number of hydrogen-bond donors (Lipinski definition) is 0. The van der Waals surface area contributed by atoms with E-state index in [2.05, 4.69) is 5.16 Å². The van der Waals surface area contributed by atoms with Crippen molar-refractivity contribution in [1.29, 1.82) is 0 Å². The maximum atomic E-state index is 12.4. The Balaban J connectivity index is 1.38. The lowest BCUT2D eigenvalue weighted by molar-refractivity contribution is -0.145. The number of hydrogen-bond acceptors (Lipinski definition) is 5. The van der Waals surface area contributed by atoms with E-state index in [9.17, 15) is 4.79 Å². The van der Waals surface area contributed by atoms with Crippen molar-refractivity contribution in [1.82, 2.24) is 10.1 Å². The van der Waals surface area contributed by atoms with Crippen LogP contribution in [0.3, 0.4) is 0 Å². The van der Waals surface area contributed by atoms with Gasteiger partial charge in [-0.3, -0.25) is 4.79 Å². The summed E-state index contributed by atoms with van der Waals surface area (Å²) in [6, 6.07) is 9.31. The number of likely N-dealkylation sites (tertiary alicyclic amines) is 1. The molecule has 6 nitrogen and oxygen atoms in total. The molecular weight excluding hydrogens is 284 g/mol. The fourth-order valence-corrected chi connectivity index (χ4v) is 2.77. The number of benzene rings is 1. The van der Waals surface area contributed by atoms with Crippen LogP contribution in [0, 0.1) is 6.92 Å². The second-order valence-corrected chi connectivity index (χ2v) is 5.67. The summed E-state index contributed by atoms with van der Waals surface area (Å²) in [5.74, 6) is 2.31. The van der Waals surface area contributed by atoms with Gasteiger partial charge in [-0.1, -0.05) is 17.3 Å².